The molecule has 3 heterocycles. The molecule has 0 amide bonds. The van der Waals surface area contributed by atoms with Crippen molar-refractivity contribution in [3.8, 4) is 0 Å². The van der Waals surface area contributed by atoms with E-state index in [1.54, 1.807) is 0 Å². The largest absolute Gasteiger partial charge is 0.466 e. The van der Waals surface area contributed by atoms with Gasteiger partial charge >= 0.3 is 11.9 Å². The Labute approximate surface area is 173 Å². The first-order chi connectivity index (χ1) is 13.9. The summed E-state index contributed by atoms with van der Waals surface area (Å²) in [4.78, 5) is 27.2. The van der Waals surface area contributed by atoms with Gasteiger partial charge in [-0.05, 0) is 58.0 Å². The highest BCUT2D eigenvalue weighted by Gasteiger charge is 2.78. The van der Waals surface area contributed by atoms with Gasteiger partial charge in [-0.1, -0.05) is 20.3 Å². The molecule has 5 fully saturated rings. The van der Waals surface area contributed by atoms with Crippen molar-refractivity contribution in [1.82, 2.24) is 4.90 Å². The molecule has 7 atom stereocenters. The van der Waals surface area contributed by atoms with Gasteiger partial charge in [0.1, 0.15) is 11.7 Å². The lowest BCUT2D eigenvalue weighted by Crippen LogP contribution is -2.54. The average molecular weight is 406 g/mol. The Hall–Kier alpha value is -1.14. The third-order valence-corrected chi connectivity index (χ3v) is 8.86. The normalized spacial score (nSPS) is 47.0. The molecule has 3 saturated heterocycles. The van der Waals surface area contributed by atoms with Crippen LogP contribution in [0.5, 0.6) is 0 Å². The molecule has 6 nitrogen and oxygen atoms in total. The summed E-state index contributed by atoms with van der Waals surface area (Å²) < 4.78 is 17.6. The number of ether oxygens (including phenoxy) is 3. The molecule has 1 spiro atoms. The Balaban J connectivity index is 1.26. The summed E-state index contributed by atoms with van der Waals surface area (Å²) in [6.45, 7) is 9.41. The molecule has 0 aromatic heterocycles. The lowest BCUT2D eigenvalue weighted by molar-refractivity contribution is -0.150. The van der Waals surface area contributed by atoms with E-state index in [9.17, 15) is 9.59 Å². The van der Waals surface area contributed by atoms with Gasteiger partial charge in [-0.3, -0.25) is 9.59 Å². The molecule has 0 unspecified atom stereocenters. The maximum Gasteiger partial charge on any atom is 0.311 e. The van der Waals surface area contributed by atoms with Crippen LogP contribution in [-0.2, 0) is 23.8 Å². The minimum absolute atomic E-state index is 0.00277. The van der Waals surface area contributed by atoms with E-state index >= 15 is 0 Å². The first kappa shape index (κ1) is 19.8. The van der Waals surface area contributed by atoms with Crippen LogP contribution in [0.15, 0.2) is 0 Å². The van der Waals surface area contributed by atoms with E-state index in [0.717, 1.165) is 38.9 Å². The monoisotopic (exact) mass is 405 g/mol. The van der Waals surface area contributed by atoms with Crippen molar-refractivity contribution in [2.75, 3.05) is 26.2 Å². The van der Waals surface area contributed by atoms with E-state index in [-0.39, 0.29) is 52.9 Å². The van der Waals surface area contributed by atoms with Crippen LogP contribution in [-0.4, -0.2) is 60.9 Å². The second-order valence-electron chi connectivity index (χ2n) is 10.4. The molecule has 0 radical (unpaired) electrons. The fraction of sp³-hybridized carbons (Fsp3) is 0.913. The summed E-state index contributed by atoms with van der Waals surface area (Å²) in [6, 6.07) is 0. The Bertz CT molecular complexity index is 689. The van der Waals surface area contributed by atoms with Gasteiger partial charge in [-0.2, -0.15) is 0 Å². The number of likely N-dealkylation sites (tertiary alicyclic amines) is 1. The molecule has 162 valence electrons. The molecule has 0 bridgehead atoms. The fourth-order valence-corrected chi connectivity index (χ4v) is 7.33. The minimum atomic E-state index is -0.0952. The van der Waals surface area contributed by atoms with Crippen molar-refractivity contribution in [2.24, 2.45) is 29.1 Å². The molecule has 3 aliphatic heterocycles. The number of epoxide rings is 1. The highest BCUT2D eigenvalue weighted by atomic mass is 16.6. The Morgan fingerprint density at radius 2 is 2.03 bits per heavy atom. The zero-order chi connectivity index (χ0) is 20.4. The minimum Gasteiger partial charge on any atom is -0.466 e. The van der Waals surface area contributed by atoms with Crippen molar-refractivity contribution in [3.63, 3.8) is 0 Å². The predicted molar refractivity (Wildman–Crippen MR) is 106 cm³/mol. The second-order valence-corrected chi connectivity index (χ2v) is 10.4. The van der Waals surface area contributed by atoms with Crippen LogP contribution in [0.25, 0.3) is 0 Å². The van der Waals surface area contributed by atoms with Crippen LogP contribution in [0.1, 0.15) is 59.3 Å². The number of nitrogens with zero attached hydrogens (tertiary/aromatic N) is 1. The van der Waals surface area contributed by atoms with E-state index in [1.807, 2.05) is 6.92 Å². The first-order valence-corrected chi connectivity index (χ1v) is 11.7. The molecular formula is C23H35NO5. The van der Waals surface area contributed by atoms with Gasteiger partial charge < -0.3 is 19.1 Å². The maximum atomic E-state index is 12.8. The van der Waals surface area contributed by atoms with Gasteiger partial charge in [0.15, 0.2) is 0 Å². The molecule has 2 saturated carbocycles. The SMILES string of the molecule is CCOC(=O)C1CCN(C[C@@H]2C(=O)O[C@@H]3C[C@@]4(C)CCC[C@H](C)[C@]45O[C@@H]5[C@H]23)CC1. The van der Waals surface area contributed by atoms with E-state index in [0.29, 0.717) is 12.5 Å². The molecule has 5 aliphatic rings. The van der Waals surface area contributed by atoms with Crippen molar-refractivity contribution in [3.05, 3.63) is 0 Å². The molecule has 29 heavy (non-hydrogen) atoms. The molecule has 6 heteroatoms. The topological polar surface area (TPSA) is 68.4 Å². The van der Waals surface area contributed by atoms with Crippen molar-refractivity contribution in [2.45, 2.75) is 77.1 Å². The van der Waals surface area contributed by atoms with Gasteiger partial charge in [0.05, 0.1) is 24.5 Å². The van der Waals surface area contributed by atoms with E-state index in [2.05, 4.69) is 18.7 Å². The van der Waals surface area contributed by atoms with Crippen LogP contribution < -0.4 is 0 Å². The van der Waals surface area contributed by atoms with Crippen molar-refractivity contribution in [1.29, 1.82) is 0 Å². The van der Waals surface area contributed by atoms with Gasteiger partial charge in [-0.25, -0.2) is 0 Å². The fourth-order valence-electron chi connectivity index (χ4n) is 7.33. The molecule has 2 aliphatic carbocycles. The molecule has 5 rings (SSSR count). The third-order valence-electron chi connectivity index (χ3n) is 8.86. The molecular weight excluding hydrogens is 370 g/mol. The number of carbonyl (C=O) groups excluding carboxylic acids is 2. The highest BCUT2D eigenvalue weighted by Crippen LogP contribution is 2.70. The van der Waals surface area contributed by atoms with Crippen LogP contribution >= 0.6 is 0 Å². The van der Waals surface area contributed by atoms with E-state index < -0.39 is 0 Å². The quantitative estimate of drug-likeness (QED) is 0.529. The summed E-state index contributed by atoms with van der Waals surface area (Å²) in [5, 5.41) is 0. The van der Waals surface area contributed by atoms with Crippen LogP contribution in [0.4, 0.5) is 0 Å². The Kier molecular flexibility index (Phi) is 4.74. The lowest BCUT2D eigenvalue weighted by Gasteiger charge is -2.49. The van der Waals surface area contributed by atoms with E-state index in [4.69, 9.17) is 14.2 Å². The molecule has 0 aromatic rings. The highest BCUT2D eigenvalue weighted by molar-refractivity contribution is 5.76. The predicted octanol–water partition coefficient (Wildman–Crippen LogP) is 2.79. The zero-order valence-electron chi connectivity index (χ0n) is 18.0. The maximum absolute atomic E-state index is 12.8. The zero-order valence-corrected chi connectivity index (χ0v) is 18.0. The summed E-state index contributed by atoms with van der Waals surface area (Å²) in [6.07, 6.45) is 6.42. The van der Waals surface area contributed by atoms with Gasteiger partial charge in [0.25, 0.3) is 0 Å². The van der Waals surface area contributed by atoms with Crippen LogP contribution in [0.3, 0.4) is 0 Å². The van der Waals surface area contributed by atoms with Crippen molar-refractivity contribution < 1.29 is 23.8 Å². The Morgan fingerprint density at radius 3 is 2.76 bits per heavy atom. The average Bonchev–Trinajstić information content (AvgIpc) is 3.37. The first-order valence-electron chi connectivity index (χ1n) is 11.7. The van der Waals surface area contributed by atoms with Crippen LogP contribution in [0.2, 0.25) is 0 Å². The number of hydrogen-bond donors (Lipinski definition) is 0. The number of esters is 2. The number of hydrogen-bond acceptors (Lipinski definition) is 6. The summed E-state index contributed by atoms with van der Waals surface area (Å²) in [5.74, 6) is 0.555. The smallest absolute Gasteiger partial charge is 0.311 e. The number of rotatable bonds is 4. The third kappa shape index (κ3) is 2.88. The van der Waals surface area contributed by atoms with Gasteiger partial charge in [-0.15, -0.1) is 0 Å². The van der Waals surface area contributed by atoms with Gasteiger partial charge in [0, 0.05) is 17.9 Å². The standard InChI is InChI=1S/C23H35NO5/c1-4-27-20(25)15-7-10-24(11-8-15)13-16-18-17(28-21(16)26)12-22(3)9-5-6-14(2)23(22)19(18)29-23/h14-19H,4-13H2,1-3H3/t14-,16-,17+,18+,19+,22+,23+/m0/s1. The summed E-state index contributed by atoms with van der Waals surface area (Å²) in [5.41, 5.74) is 0.110. The number of carbonyl (C=O) groups is 2. The van der Waals surface area contributed by atoms with Crippen molar-refractivity contribution >= 4 is 11.9 Å². The lowest BCUT2D eigenvalue weighted by atomic mass is 9.53. The summed E-state index contributed by atoms with van der Waals surface area (Å²) in [7, 11) is 0. The number of fused-ring (bicyclic) bond motifs is 2. The Morgan fingerprint density at radius 1 is 1.28 bits per heavy atom. The van der Waals surface area contributed by atoms with Gasteiger partial charge in [0.2, 0.25) is 0 Å². The summed E-state index contributed by atoms with van der Waals surface area (Å²) >= 11 is 0. The van der Waals surface area contributed by atoms with Crippen LogP contribution in [0, 0.1) is 29.1 Å². The van der Waals surface area contributed by atoms with E-state index in [1.165, 1.54) is 19.3 Å². The number of piperidine rings is 1. The molecule has 0 N–H and O–H groups in total. The molecule has 0 aromatic carbocycles. The second kappa shape index (κ2) is 6.94.